The molecule has 2 aromatic carbocycles. The fourth-order valence-electron chi connectivity index (χ4n) is 2.22. The molecule has 112 valence electrons. The topological polar surface area (TPSA) is 72.2 Å². The van der Waals surface area contributed by atoms with Crippen LogP contribution in [-0.2, 0) is 16.6 Å². The van der Waals surface area contributed by atoms with Crippen molar-refractivity contribution < 1.29 is 8.42 Å². The minimum atomic E-state index is -3.61. The number of hydrogen-bond acceptors (Lipinski definition) is 3. The highest BCUT2D eigenvalue weighted by molar-refractivity contribution is 7.92. The molecular weight excluding hydrogens is 284 g/mol. The van der Waals surface area contributed by atoms with Crippen LogP contribution in [0.4, 0.5) is 5.69 Å². The largest absolute Gasteiger partial charge is 0.326 e. The molecule has 0 heterocycles. The van der Waals surface area contributed by atoms with E-state index in [1.165, 1.54) is 0 Å². The van der Waals surface area contributed by atoms with Gasteiger partial charge in [-0.15, -0.1) is 0 Å². The van der Waals surface area contributed by atoms with Crippen LogP contribution in [0.2, 0.25) is 0 Å². The number of anilines is 1. The maximum atomic E-state index is 12.5. The monoisotopic (exact) mass is 304 g/mol. The Balaban J connectivity index is 2.42. The first kappa shape index (κ1) is 15.5. The molecule has 0 aromatic heterocycles. The molecule has 0 atom stereocenters. The van der Waals surface area contributed by atoms with Gasteiger partial charge in [0.1, 0.15) is 0 Å². The number of hydrogen-bond donors (Lipinski definition) is 2. The smallest absolute Gasteiger partial charge is 0.262 e. The molecule has 0 aliphatic heterocycles. The van der Waals surface area contributed by atoms with Crippen LogP contribution >= 0.6 is 0 Å². The van der Waals surface area contributed by atoms with Crippen LogP contribution in [0.1, 0.15) is 22.3 Å². The van der Waals surface area contributed by atoms with E-state index in [0.29, 0.717) is 17.8 Å². The van der Waals surface area contributed by atoms with Crippen molar-refractivity contribution in [2.45, 2.75) is 32.2 Å². The predicted octanol–water partition coefficient (Wildman–Crippen LogP) is 2.87. The predicted molar refractivity (Wildman–Crippen MR) is 85.8 cm³/mol. The Morgan fingerprint density at radius 1 is 1.00 bits per heavy atom. The van der Waals surface area contributed by atoms with Gasteiger partial charge < -0.3 is 5.73 Å². The van der Waals surface area contributed by atoms with Gasteiger partial charge in [0, 0.05) is 12.2 Å². The lowest BCUT2D eigenvalue weighted by Gasteiger charge is -2.13. The van der Waals surface area contributed by atoms with Crippen molar-refractivity contribution in [2.75, 3.05) is 4.72 Å². The van der Waals surface area contributed by atoms with Crippen molar-refractivity contribution in [2.24, 2.45) is 5.73 Å². The summed E-state index contributed by atoms with van der Waals surface area (Å²) in [5.74, 6) is 0. The van der Waals surface area contributed by atoms with Gasteiger partial charge in [-0.05, 0) is 55.7 Å². The number of sulfonamides is 1. The van der Waals surface area contributed by atoms with Crippen LogP contribution < -0.4 is 10.5 Å². The lowest BCUT2D eigenvalue weighted by molar-refractivity contribution is 0.600. The summed E-state index contributed by atoms with van der Waals surface area (Å²) in [5, 5.41) is 0. The maximum Gasteiger partial charge on any atom is 0.262 e. The van der Waals surface area contributed by atoms with E-state index < -0.39 is 10.0 Å². The lowest BCUT2D eigenvalue weighted by Crippen LogP contribution is -2.15. The molecule has 0 saturated carbocycles. The molecule has 2 aromatic rings. The molecule has 21 heavy (non-hydrogen) atoms. The number of aryl methyl sites for hydroxylation is 3. The second-order valence-corrected chi connectivity index (χ2v) is 6.87. The van der Waals surface area contributed by atoms with Gasteiger partial charge in [0.2, 0.25) is 0 Å². The molecule has 0 amide bonds. The number of benzene rings is 2. The Hall–Kier alpha value is -1.85. The molecule has 5 heteroatoms. The number of rotatable bonds is 4. The maximum absolute atomic E-state index is 12.5. The third-order valence-corrected chi connectivity index (χ3v) is 4.97. The lowest BCUT2D eigenvalue weighted by atomic mass is 10.1. The third kappa shape index (κ3) is 3.43. The van der Waals surface area contributed by atoms with Crippen molar-refractivity contribution >= 4 is 15.7 Å². The van der Waals surface area contributed by atoms with Gasteiger partial charge in [-0.25, -0.2) is 8.42 Å². The Morgan fingerprint density at radius 3 is 2.19 bits per heavy atom. The zero-order valence-corrected chi connectivity index (χ0v) is 13.3. The second kappa shape index (κ2) is 5.87. The van der Waals surface area contributed by atoms with Gasteiger partial charge in [-0.2, -0.15) is 0 Å². The van der Waals surface area contributed by atoms with E-state index in [0.717, 1.165) is 16.7 Å². The van der Waals surface area contributed by atoms with Crippen LogP contribution in [0.15, 0.2) is 41.3 Å². The van der Waals surface area contributed by atoms with E-state index in [-0.39, 0.29) is 4.90 Å². The molecule has 0 spiro atoms. The third-order valence-electron chi connectivity index (χ3n) is 3.45. The second-order valence-electron chi connectivity index (χ2n) is 5.22. The summed E-state index contributed by atoms with van der Waals surface area (Å²) in [5.41, 5.74) is 9.85. The van der Waals surface area contributed by atoms with E-state index in [1.807, 2.05) is 32.0 Å². The summed E-state index contributed by atoms with van der Waals surface area (Å²) in [7, 11) is -3.61. The minimum absolute atomic E-state index is 0.272. The zero-order chi connectivity index (χ0) is 15.6. The highest BCUT2D eigenvalue weighted by Crippen LogP contribution is 2.23. The molecular formula is C16H20N2O2S. The average molecular weight is 304 g/mol. The molecule has 0 aliphatic rings. The van der Waals surface area contributed by atoms with Gasteiger partial charge in [0.15, 0.2) is 0 Å². The van der Waals surface area contributed by atoms with Crippen LogP contribution in [0.3, 0.4) is 0 Å². The van der Waals surface area contributed by atoms with Crippen molar-refractivity contribution in [1.82, 2.24) is 0 Å². The van der Waals surface area contributed by atoms with Crippen molar-refractivity contribution in [3.8, 4) is 0 Å². The summed E-state index contributed by atoms with van der Waals surface area (Å²) in [6, 6.07) is 10.7. The van der Waals surface area contributed by atoms with Gasteiger partial charge in [0.05, 0.1) is 4.90 Å². The van der Waals surface area contributed by atoms with E-state index in [1.54, 1.807) is 25.1 Å². The van der Waals surface area contributed by atoms with Gasteiger partial charge in [-0.1, -0.05) is 23.8 Å². The summed E-state index contributed by atoms with van der Waals surface area (Å²) >= 11 is 0. The fourth-order valence-corrected chi connectivity index (χ4v) is 3.55. The molecule has 2 rings (SSSR count). The first-order valence-electron chi connectivity index (χ1n) is 6.73. The molecule has 3 N–H and O–H groups in total. The van der Waals surface area contributed by atoms with Crippen LogP contribution in [0.25, 0.3) is 0 Å². The standard InChI is InChI=1S/C16H20N2O2S/c1-11-4-6-15(7-5-11)18-21(19,20)16-9-14(10-17)12(2)8-13(16)3/h4-9,18H,10,17H2,1-3H3. The summed E-state index contributed by atoms with van der Waals surface area (Å²) in [6.45, 7) is 5.99. The first-order valence-corrected chi connectivity index (χ1v) is 8.21. The Morgan fingerprint density at radius 2 is 1.62 bits per heavy atom. The summed E-state index contributed by atoms with van der Waals surface area (Å²) < 4.78 is 27.7. The normalized spacial score (nSPS) is 11.4. The Labute approximate surface area is 126 Å². The van der Waals surface area contributed by atoms with E-state index in [2.05, 4.69) is 4.72 Å². The van der Waals surface area contributed by atoms with Crippen molar-refractivity contribution in [3.63, 3.8) is 0 Å². The highest BCUT2D eigenvalue weighted by atomic mass is 32.2. The average Bonchev–Trinajstić information content (AvgIpc) is 2.41. The molecule has 0 fully saturated rings. The van der Waals surface area contributed by atoms with Gasteiger partial charge in [0.25, 0.3) is 10.0 Å². The van der Waals surface area contributed by atoms with Gasteiger partial charge in [-0.3, -0.25) is 4.72 Å². The number of nitrogens with one attached hydrogen (secondary N) is 1. The van der Waals surface area contributed by atoms with Gasteiger partial charge >= 0.3 is 0 Å². The highest BCUT2D eigenvalue weighted by Gasteiger charge is 2.18. The summed E-state index contributed by atoms with van der Waals surface area (Å²) in [6.07, 6.45) is 0. The first-order chi connectivity index (χ1) is 9.83. The quantitative estimate of drug-likeness (QED) is 0.912. The Kier molecular flexibility index (Phi) is 4.34. The molecule has 0 unspecified atom stereocenters. The van der Waals surface area contributed by atoms with Crippen molar-refractivity contribution in [3.05, 3.63) is 58.7 Å². The molecule has 0 bridgehead atoms. The molecule has 0 radical (unpaired) electrons. The van der Waals surface area contributed by atoms with Crippen LogP contribution in [-0.4, -0.2) is 8.42 Å². The zero-order valence-electron chi connectivity index (χ0n) is 12.5. The summed E-state index contributed by atoms with van der Waals surface area (Å²) in [4.78, 5) is 0.272. The minimum Gasteiger partial charge on any atom is -0.326 e. The van der Waals surface area contributed by atoms with E-state index in [9.17, 15) is 8.42 Å². The number of nitrogens with two attached hydrogens (primary N) is 1. The fraction of sp³-hybridized carbons (Fsp3) is 0.250. The van der Waals surface area contributed by atoms with Crippen molar-refractivity contribution in [1.29, 1.82) is 0 Å². The Bertz CT molecular complexity index is 751. The SMILES string of the molecule is Cc1ccc(NS(=O)(=O)c2cc(CN)c(C)cc2C)cc1. The van der Waals surface area contributed by atoms with Crippen LogP contribution in [0.5, 0.6) is 0 Å². The molecule has 4 nitrogen and oxygen atoms in total. The van der Waals surface area contributed by atoms with E-state index >= 15 is 0 Å². The van der Waals surface area contributed by atoms with Crippen LogP contribution in [0, 0.1) is 20.8 Å². The molecule has 0 aliphatic carbocycles. The van der Waals surface area contributed by atoms with E-state index in [4.69, 9.17) is 5.73 Å². The molecule has 0 saturated heterocycles.